The first kappa shape index (κ1) is 25.4. The second kappa shape index (κ2) is 12.0. The molecule has 0 aromatic rings. The van der Waals surface area contributed by atoms with Crippen LogP contribution in [0.4, 0.5) is 0 Å². The first-order valence-electron chi connectivity index (χ1n) is 8.07. The van der Waals surface area contributed by atoms with Crippen LogP contribution in [0.25, 0.3) is 0 Å². The maximum absolute atomic E-state index is 12.3. The number of nitrogens with one attached hydrogen (secondary N) is 3. The molecule has 0 spiro atoms. The molecule has 1 atom stereocenters. The Balaban J connectivity index is 4.95. The smallest absolute Gasteiger partial charge is 0.404 e. The van der Waals surface area contributed by atoms with Crippen LogP contribution in [0.15, 0.2) is 0 Å². The van der Waals surface area contributed by atoms with E-state index in [0.717, 1.165) is 6.92 Å². The highest BCUT2D eigenvalue weighted by Crippen LogP contribution is 2.45. The molecule has 0 aliphatic rings. The van der Waals surface area contributed by atoms with Gasteiger partial charge in [-0.3, -0.25) is 9.59 Å². The number of carbonyl (C=O) groups excluding carboxylic acids is 1. The van der Waals surface area contributed by atoms with E-state index in [1.54, 1.807) is 0 Å². The minimum absolute atomic E-state index is 0.0549. The summed E-state index contributed by atoms with van der Waals surface area (Å²) in [5.74, 6) is -3.89. The Morgan fingerprint density at radius 1 is 1.04 bits per heavy atom. The monoisotopic (exact) mass is 414 g/mol. The molecule has 0 aromatic carbocycles. The molecule has 0 aliphatic heterocycles. The van der Waals surface area contributed by atoms with Crippen LogP contribution < -0.4 is 16.0 Å². The maximum atomic E-state index is 12.3. The zero-order chi connectivity index (χ0) is 21.1. The lowest BCUT2D eigenvalue weighted by Crippen LogP contribution is -2.61. The van der Waals surface area contributed by atoms with Gasteiger partial charge in [0, 0.05) is 39.3 Å². The summed E-state index contributed by atoms with van der Waals surface area (Å²) in [4.78, 5) is 53.3. The molecular formula is C13H27N4O9P. The molecule has 0 aromatic heterocycles. The van der Waals surface area contributed by atoms with E-state index in [2.05, 4.69) is 16.0 Å². The zero-order valence-electron chi connectivity index (χ0n) is 14.9. The van der Waals surface area contributed by atoms with Crippen LogP contribution in [-0.4, -0.2) is 99.0 Å². The fourth-order valence-corrected chi connectivity index (χ4v) is 3.13. The van der Waals surface area contributed by atoms with E-state index in [1.807, 2.05) is 0 Å². The largest absolute Gasteiger partial charge is 0.480 e. The van der Waals surface area contributed by atoms with Crippen molar-refractivity contribution >= 4 is 25.6 Å². The average molecular weight is 414 g/mol. The molecule has 0 radical (unpaired) electrons. The third-order valence-electron chi connectivity index (χ3n) is 3.56. The van der Waals surface area contributed by atoms with Gasteiger partial charge < -0.3 is 41.1 Å². The Labute approximate surface area is 156 Å². The molecule has 1 unspecified atom stereocenters. The van der Waals surface area contributed by atoms with E-state index in [9.17, 15) is 33.8 Å². The maximum Gasteiger partial charge on any atom is 0.404 e. The first-order chi connectivity index (χ1) is 12.5. The third kappa shape index (κ3) is 8.75. The Kier molecular flexibility index (Phi) is 11.3. The van der Waals surface area contributed by atoms with Gasteiger partial charge in [0.05, 0.1) is 6.54 Å². The highest BCUT2D eigenvalue weighted by atomic mass is 31.2. The number of carboxylic acids is 2. The number of aliphatic hydroxyl groups is 1. The Morgan fingerprint density at radius 3 is 2.11 bits per heavy atom. The molecule has 1 amide bonds. The summed E-state index contributed by atoms with van der Waals surface area (Å²) in [6, 6.07) is 0. The lowest BCUT2D eigenvalue weighted by atomic mass is 10.0. The molecule has 0 saturated heterocycles. The molecule has 0 heterocycles. The van der Waals surface area contributed by atoms with Gasteiger partial charge in [-0.25, -0.2) is 9.36 Å². The standard InChI is InChI=1S/C13H27N4O9P/c1-13(12(22)23,11(21)16-3-2-8-18)17(27(24,25)26)7-6-14-4-5-15-9-10(19)20/h14-15,18H,2-9H2,1H3,(H,16,21)(H,19,20)(H,22,23)(H2,24,25,26). The number of carboxylic acid groups (broad SMARTS) is 2. The van der Waals surface area contributed by atoms with Gasteiger partial charge in [-0.1, -0.05) is 0 Å². The molecule has 158 valence electrons. The number of carbonyl (C=O) groups is 3. The van der Waals surface area contributed by atoms with E-state index in [-0.39, 0.29) is 50.4 Å². The molecule has 13 nitrogen and oxygen atoms in total. The van der Waals surface area contributed by atoms with Crippen LogP contribution in [0, 0.1) is 0 Å². The van der Waals surface area contributed by atoms with Crippen molar-refractivity contribution < 1.29 is 44.1 Å². The van der Waals surface area contributed by atoms with Gasteiger partial charge in [0.1, 0.15) is 0 Å². The normalized spacial score (nSPS) is 14.0. The summed E-state index contributed by atoms with van der Waals surface area (Å²) in [6.07, 6.45) is 0.155. The van der Waals surface area contributed by atoms with E-state index in [0.29, 0.717) is 0 Å². The van der Waals surface area contributed by atoms with Crippen LogP contribution >= 0.6 is 7.75 Å². The van der Waals surface area contributed by atoms with Gasteiger partial charge in [0.15, 0.2) is 0 Å². The van der Waals surface area contributed by atoms with E-state index in [4.69, 9.17) is 10.2 Å². The molecule has 27 heavy (non-hydrogen) atoms. The summed E-state index contributed by atoms with van der Waals surface area (Å²) in [6.45, 7) is 0.339. The molecular weight excluding hydrogens is 387 g/mol. The Hall–Kier alpha value is -1.60. The number of amides is 1. The summed E-state index contributed by atoms with van der Waals surface area (Å²) >= 11 is 0. The highest BCUT2D eigenvalue weighted by molar-refractivity contribution is 7.49. The topological polar surface area (TPSA) is 209 Å². The van der Waals surface area contributed by atoms with Gasteiger partial charge in [0.25, 0.3) is 5.91 Å². The fourth-order valence-electron chi connectivity index (χ4n) is 2.07. The van der Waals surface area contributed by atoms with Crippen LogP contribution in [0.3, 0.4) is 0 Å². The van der Waals surface area contributed by atoms with Crippen molar-refractivity contribution in [1.29, 1.82) is 0 Å². The molecule has 0 rings (SSSR count). The highest BCUT2D eigenvalue weighted by Gasteiger charge is 2.53. The number of rotatable bonds is 15. The van der Waals surface area contributed by atoms with Crippen molar-refractivity contribution in [2.45, 2.75) is 18.9 Å². The summed E-state index contributed by atoms with van der Waals surface area (Å²) in [7, 11) is -5.11. The van der Waals surface area contributed by atoms with Crippen molar-refractivity contribution in [3.8, 4) is 0 Å². The number of nitrogens with zero attached hydrogens (tertiary/aromatic N) is 1. The van der Waals surface area contributed by atoms with Crippen LogP contribution in [0.2, 0.25) is 0 Å². The third-order valence-corrected chi connectivity index (χ3v) is 4.79. The number of hydrogen-bond donors (Lipinski definition) is 8. The van der Waals surface area contributed by atoms with E-state index < -0.39 is 37.7 Å². The van der Waals surface area contributed by atoms with Gasteiger partial charge in [0.2, 0.25) is 5.54 Å². The van der Waals surface area contributed by atoms with Crippen molar-refractivity contribution in [3.05, 3.63) is 0 Å². The molecule has 0 fully saturated rings. The van der Waals surface area contributed by atoms with Gasteiger partial charge in [-0.2, -0.15) is 4.67 Å². The van der Waals surface area contributed by atoms with Crippen LogP contribution in [-0.2, 0) is 18.9 Å². The quantitative estimate of drug-likeness (QED) is 0.0765. The van der Waals surface area contributed by atoms with Crippen molar-refractivity contribution in [2.24, 2.45) is 0 Å². The SMILES string of the molecule is CC(C(=O)O)(C(=O)NCCCO)N(CCNCCNCC(=O)O)P(=O)(O)O. The molecule has 0 aliphatic carbocycles. The van der Waals surface area contributed by atoms with Crippen LogP contribution in [0.5, 0.6) is 0 Å². The summed E-state index contributed by atoms with van der Waals surface area (Å²) in [5.41, 5.74) is -2.53. The second-order valence-electron chi connectivity index (χ2n) is 5.67. The van der Waals surface area contributed by atoms with Gasteiger partial charge >= 0.3 is 19.7 Å². The molecule has 14 heteroatoms. The number of aliphatic carboxylic acids is 2. The van der Waals surface area contributed by atoms with Gasteiger partial charge in [-0.05, 0) is 13.3 Å². The predicted octanol–water partition coefficient (Wildman–Crippen LogP) is -3.01. The minimum atomic E-state index is -5.11. The minimum Gasteiger partial charge on any atom is -0.480 e. The van der Waals surface area contributed by atoms with Crippen LogP contribution in [0.1, 0.15) is 13.3 Å². The lowest BCUT2D eigenvalue weighted by molar-refractivity contribution is -0.155. The van der Waals surface area contributed by atoms with Crippen molar-refractivity contribution in [3.63, 3.8) is 0 Å². The molecule has 0 saturated carbocycles. The molecule has 8 N–H and O–H groups in total. The zero-order valence-corrected chi connectivity index (χ0v) is 15.8. The lowest BCUT2D eigenvalue weighted by Gasteiger charge is -2.36. The summed E-state index contributed by atoms with van der Waals surface area (Å²) in [5, 5.41) is 34.2. The Bertz CT molecular complexity index is 556. The Morgan fingerprint density at radius 2 is 1.63 bits per heavy atom. The van der Waals surface area contributed by atoms with E-state index >= 15 is 0 Å². The van der Waals surface area contributed by atoms with Crippen molar-refractivity contribution in [2.75, 3.05) is 45.9 Å². The fraction of sp³-hybridized carbons (Fsp3) is 0.769. The average Bonchev–Trinajstić information content (AvgIpc) is 2.55. The summed E-state index contributed by atoms with van der Waals surface area (Å²) < 4.78 is 12.1. The van der Waals surface area contributed by atoms with E-state index in [1.165, 1.54) is 0 Å². The van der Waals surface area contributed by atoms with Crippen molar-refractivity contribution in [1.82, 2.24) is 20.6 Å². The predicted molar refractivity (Wildman–Crippen MR) is 92.9 cm³/mol. The van der Waals surface area contributed by atoms with Gasteiger partial charge in [-0.15, -0.1) is 0 Å². The number of aliphatic hydroxyl groups excluding tert-OH is 1. The molecule has 0 bridgehead atoms. The second-order valence-corrected chi connectivity index (χ2v) is 7.18. The first-order valence-corrected chi connectivity index (χ1v) is 9.63. The number of hydrogen-bond acceptors (Lipinski definition) is 7.